The Labute approximate surface area is 108 Å². The molecule has 5 heteroatoms. The van der Waals surface area contributed by atoms with E-state index < -0.39 is 28.9 Å². The van der Waals surface area contributed by atoms with Crippen LogP contribution in [0.5, 0.6) is 5.75 Å². The molecular weight excluding hydrogens is 252 g/mol. The maximum absolute atomic E-state index is 13.5. The van der Waals surface area contributed by atoms with Gasteiger partial charge in [-0.15, -0.1) is 0 Å². The number of carbonyl (C=O) groups is 1. The normalized spacial score (nSPS) is 10.3. The third kappa shape index (κ3) is 2.88. The highest BCUT2D eigenvalue weighted by Gasteiger charge is 2.18. The maximum atomic E-state index is 13.5. The first-order valence-corrected chi connectivity index (χ1v) is 5.53. The summed E-state index contributed by atoms with van der Waals surface area (Å²) in [6, 6.07) is 8.12. The summed E-state index contributed by atoms with van der Waals surface area (Å²) >= 11 is 0. The molecule has 2 aromatic carbocycles. The second-order valence-corrected chi connectivity index (χ2v) is 4.11. The van der Waals surface area contributed by atoms with Crippen molar-refractivity contribution < 1.29 is 18.7 Å². The number of benzene rings is 2. The molecule has 19 heavy (non-hydrogen) atoms. The van der Waals surface area contributed by atoms with Gasteiger partial charge in [0.2, 0.25) is 0 Å². The number of carbonyl (C=O) groups excluding carboxylic acids is 1. The van der Waals surface area contributed by atoms with Gasteiger partial charge in [-0.25, -0.2) is 8.78 Å². The van der Waals surface area contributed by atoms with Gasteiger partial charge < -0.3 is 10.4 Å². The molecule has 98 valence electrons. The first kappa shape index (κ1) is 13.0. The number of halogens is 2. The van der Waals surface area contributed by atoms with Gasteiger partial charge in [-0.2, -0.15) is 0 Å². The molecule has 0 saturated heterocycles. The minimum atomic E-state index is -1.11. The molecule has 0 saturated carbocycles. The summed E-state index contributed by atoms with van der Waals surface area (Å²) in [5.41, 5.74) is 0.803. The van der Waals surface area contributed by atoms with Gasteiger partial charge in [0.05, 0.1) is 0 Å². The van der Waals surface area contributed by atoms with Crippen molar-refractivity contribution in [2.24, 2.45) is 0 Å². The number of aromatic hydroxyl groups is 1. The Morgan fingerprint density at radius 1 is 1.21 bits per heavy atom. The molecule has 0 radical (unpaired) electrons. The van der Waals surface area contributed by atoms with E-state index in [1.165, 1.54) is 0 Å². The highest BCUT2D eigenvalue weighted by Crippen LogP contribution is 2.23. The molecule has 0 aromatic heterocycles. The highest BCUT2D eigenvalue weighted by atomic mass is 19.1. The molecule has 1 amide bonds. The molecule has 0 spiro atoms. The quantitative estimate of drug-likeness (QED) is 0.873. The van der Waals surface area contributed by atoms with Crippen molar-refractivity contribution in [3.05, 3.63) is 59.2 Å². The van der Waals surface area contributed by atoms with Crippen LogP contribution >= 0.6 is 0 Å². The minimum Gasteiger partial charge on any atom is -0.507 e. The van der Waals surface area contributed by atoms with Crippen molar-refractivity contribution >= 4 is 11.6 Å². The van der Waals surface area contributed by atoms with Crippen molar-refractivity contribution in [2.75, 3.05) is 5.32 Å². The summed E-state index contributed by atoms with van der Waals surface area (Å²) in [5.74, 6) is -3.62. The molecular formula is C14H11F2NO2. The molecule has 0 aliphatic rings. The number of amides is 1. The second-order valence-electron chi connectivity index (χ2n) is 4.11. The van der Waals surface area contributed by atoms with Gasteiger partial charge >= 0.3 is 0 Å². The van der Waals surface area contributed by atoms with Crippen LogP contribution in [0.2, 0.25) is 0 Å². The van der Waals surface area contributed by atoms with E-state index in [0.717, 1.165) is 5.56 Å². The molecule has 0 atom stereocenters. The van der Waals surface area contributed by atoms with E-state index in [4.69, 9.17) is 0 Å². The summed E-state index contributed by atoms with van der Waals surface area (Å²) in [5, 5.41) is 11.9. The van der Waals surface area contributed by atoms with E-state index in [-0.39, 0.29) is 0 Å². The third-order valence-electron chi connectivity index (χ3n) is 2.54. The number of hydrogen-bond acceptors (Lipinski definition) is 2. The van der Waals surface area contributed by atoms with Crippen LogP contribution < -0.4 is 5.32 Å². The van der Waals surface area contributed by atoms with Gasteiger partial charge in [0.1, 0.15) is 22.9 Å². The van der Waals surface area contributed by atoms with Gasteiger partial charge in [-0.3, -0.25) is 4.79 Å². The molecule has 0 bridgehead atoms. The van der Waals surface area contributed by atoms with E-state index in [2.05, 4.69) is 5.32 Å². The van der Waals surface area contributed by atoms with E-state index in [9.17, 15) is 18.7 Å². The average Bonchev–Trinajstić information content (AvgIpc) is 2.27. The van der Waals surface area contributed by atoms with Crippen LogP contribution in [-0.2, 0) is 0 Å². The largest absolute Gasteiger partial charge is 0.507 e. The number of rotatable bonds is 2. The lowest BCUT2D eigenvalue weighted by atomic mass is 10.1. The molecule has 2 N–H and O–H groups in total. The average molecular weight is 263 g/mol. The standard InChI is InChI=1S/C14H11F2NO2/c1-8-3-2-4-10(5-8)17-14(19)13-11(16)6-9(15)7-12(13)18/h2-7,18H,1H3,(H,17,19). The fraction of sp³-hybridized carbons (Fsp3) is 0.0714. The fourth-order valence-electron chi connectivity index (χ4n) is 1.70. The van der Waals surface area contributed by atoms with E-state index >= 15 is 0 Å². The van der Waals surface area contributed by atoms with Crippen LogP contribution in [0.1, 0.15) is 15.9 Å². The predicted molar refractivity (Wildman–Crippen MR) is 67.2 cm³/mol. The summed E-state index contributed by atoms with van der Waals surface area (Å²) in [7, 11) is 0. The monoisotopic (exact) mass is 263 g/mol. The van der Waals surface area contributed by atoms with Crippen molar-refractivity contribution in [2.45, 2.75) is 6.92 Å². The van der Waals surface area contributed by atoms with Crippen LogP contribution in [0.15, 0.2) is 36.4 Å². The Bertz CT molecular complexity index is 618. The Balaban J connectivity index is 2.31. The predicted octanol–water partition coefficient (Wildman–Crippen LogP) is 3.23. The first-order chi connectivity index (χ1) is 8.97. The summed E-state index contributed by atoms with van der Waals surface area (Å²) in [6.45, 7) is 1.84. The fourth-order valence-corrected chi connectivity index (χ4v) is 1.70. The van der Waals surface area contributed by atoms with E-state index in [1.807, 2.05) is 13.0 Å². The lowest BCUT2D eigenvalue weighted by Gasteiger charge is -2.08. The molecule has 0 aliphatic heterocycles. The molecule has 2 aromatic rings. The maximum Gasteiger partial charge on any atom is 0.262 e. The summed E-state index contributed by atoms with van der Waals surface area (Å²) in [4.78, 5) is 11.8. The number of nitrogens with one attached hydrogen (secondary N) is 1. The van der Waals surface area contributed by atoms with Crippen LogP contribution in [-0.4, -0.2) is 11.0 Å². The molecule has 0 unspecified atom stereocenters. The zero-order valence-corrected chi connectivity index (χ0v) is 10.1. The number of phenols is 1. The zero-order valence-electron chi connectivity index (χ0n) is 10.1. The molecule has 0 fully saturated rings. The first-order valence-electron chi connectivity index (χ1n) is 5.53. The molecule has 2 rings (SSSR count). The number of phenolic OH excluding ortho intramolecular Hbond substituents is 1. The summed E-state index contributed by atoms with van der Waals surface area (Å²) in [6.07, 6.45) is 0. The van der Waals surface area contributed by atoms with Crippen LogP contribution in [0, 0.1) is 18.6 Å². The van der Waals surface area contributed by atoms with Crippen LogP contribution in [0.3, 0.4) is 0 Å². The van der Waals surface area contributed by atoms with E-state index in [0.29, 0.717) is 17.8 Å². The number of anilines is 1. The Morgan fingerprint density at radius 3 is 2.58 bits per heavy atom. The molecule has 3 nitrogen and oxygen atoms in total. The topological polar surface area (TPSA) is 49.3 Å². The molecule has 0 heterocycles. The van der Waals surface area contributed by atoms with Gasteiger partial charge in [-0.1, -0.05) is 12.1 Å². The van der Waals surface area contributed by atoms with Crippen LogP contribution in [0.4, 0.5) is 14.5 Å². The highest BCUT2D eigenvalue weighted by molar-refractivity contribution is 6.06. The van der Waals surface area contributed by atoms with Crippen molar-refractivity contribution in [1.29, 1.82) is 0 Å². The lowest BCUT2D eigenvalue weighted by molar-refractivity contribution is 0.102. The van der Waals surface area contributed by atoms with Crippen molar-refractivity contribution in [1.82, 2.24) is 0 Å². The Hall–Kier alpha value is -2.43. The van der Waals surface area contributed by atoms with Gasteiger partial charge in [-0.05, 0) is 24.6 Å². The van der Waals surface area contributed by atoms with Crippen molar-refractivity contribution in [3.63, 3.8) is 0 Å². The second kappa shape index (κ2) is 5.06. The number of hydrogen-bond donors (Lipinski definition) is 2. The van der Waals surface area contributed by atoms with Crippen molar-refractivity contribution in [3.8, 4) is 5.75 Å². The summed E-state index contributed by atoms with van der Waals surface area (Å²) < 4.78 is 26.3. The van der Waals surface area contributed by atoms with Gasteiger partial charge in [0, 0.05) is 17.8 Å². The SMILES string of the molecule is Cc1cccc(NC(=O)c2c(O)cc(F)cc2F)c1. The smallest absolute Gasteiger partial charge is 0.262 e. The van der Waals surface area contributed by atoms with Gasteiger partial charge in [0.25, 0.3) is 5.91 Å². The minimum absolute atomic E-state index is 0.466. The van der Waals surface area contributed by atoms with Crippen LogP contribution in [0.25, 0.3) is 0 Å². The van der Waals surface area contributed by atoms with Gasteiger partial charge in [0.15, 0.2) is 0 Å². The number of aryl methyl sites for hydroxylation is 1. The Morgan fingerprint density at radius 2 is 1.95 bits per heavy atom. The lowest BCUT2D eigenvalue weighted by Crippen LogP contribution is -2.14. The van der Waals surface area contributed by atoms with E-state index in [1.54, 1.807) is 18.2 Å². The molecule has 0 aliphatic carbocycles. The zero-order chi connectivity index (χ0) is 14.0. The third-order valence-corrected chi connectivity index (χ3v) is 2.54. The Kier molecular flexibility index (Phi) is 3.46.